The summed E-state index contributed by atoms with van der Waals surface area (Å²) in [5.74, 6) is -0.467. The first-order valence-electron chi connectivity index (χ1n) is 9.93. The molecule has 1 N–H and O–H groups in total. The summed E-state index contributed by atoms with van der Waals surface area (Å²) in [4.78, 5) is 29.3. The third-order valence-corrected chi connectivity index (χ3v) is 6.63. The Morgan fingerprint density at radius 3 is 2.78 bits per heavy atom. The number of aryl methyl sites for hydroxylation is 1. The number of rotatable bonds is 5. The van der Waals surface area contributed by atoms with Crippen LogP contribution in [0.1, 0.15) is 43.8 Å². The fraction of sp³-hybridized carbons (Fsp3) is 0.318. The monoisotopic (exact) mass is 495 g/mol. The standard InChI is InChI=1S/C22H22ClN3O4S.ClH/c1-4-29-22(28)18-14-9-10-26(3)11-16(14)31-21(18)24-20(27)17-12(2)30-25-19(17)13-7-5-6-8-15(13)23;/h5-8H,4,9-11H2,1-3H3,(H,24,27);1H. The number of aromatic nitrogens is 1. The molecule has 4 rings (SSSR count). The lowest BCUT2D eigenvalue weighted by atomic mass is 10.0. The first kappa shape index (κ1) is 24.3. The Morgan fingerprint density at radius 1 is 1.31 bits per heavy atom. The number of nitrogens with zero attached hydrogens (tertiary/aromatic N) is 2. The average Bonchev–Trinajstić information content (AvgIpc) is 3.28. The highest BCUT2D eigenvalue weighted by Gasteiger charge is 2.30. The van der Waals surface area contributed by atoms with Crippen molar-refractivity contribution in [1.29, 1.82) is 0 Å². The van der Waals surface area contributed by atoms with Crippen molar-refractivity contribution in [2.24, 2.45) is 0 Å². The van der Waals surface area contributed by atoms with E-state index in [-0.39, 0.29) is 24.6 Å². The van der Waals surface area contributed by atoms with Crippen molar-refractivity contribution in [1.82, 2.24) is 10.1 Å². The molecule has 0 aliphatic carbocycles. The number of thiophene rings is 1. The molecule has 1 aromatic carbocycles. The lowest BCUT2D eigenvalue weighted by molar-refractivity contribution is 0.0526. The normalized spacial score (nSPS) is 13.2. The average molecular weight is 496 g/mol. The van der Waals surface area contributed by atoms with Gasteiger partial charge in [-0.1, -0.05) is 35.0 Å². The number of carbonyl (C=O) groups excluding carboxylic acids is 2. The second-order valence-electron chi connectivity index (χ2n) is 7.31. The smallest absolute Gasteiger partial charge is 0.341 e. The molecule has 0 bridgehead atoms. The van der Waals surface area contributed by atoms with Gasteiger partial charge >= 0.3 is 5.97 Å². The van der Waals surface area contributed by atoms with Crippen molar-refractivity contribution in [3.05, 3.63) is 56.6 Å². The minimum Gasteiger partial charge on any atom is -0.462 e. The number of amides is 1. The second-order valence-corrected chi connectivity index (χ2v) is 8.82. The summed E-state index contributed by atoms with van der Waals surface area (Å²) in [5, 5.41) is 7.91. The number of esters is 1. The van der Waals surface area contributed by atoms with Gasteiger partial charge in [-0.15, -0.1) is 23.7 Å². The molecular formula is C22H23Cl2N3O4S. The van der Waals surface area contributed by atoms with E-state index in [1.54, 1.807) is 32.0 Å². The molecule has 3 heterocycles. The Kier molecular flexibility index (Phi) is 7.61. The largest absolute Gasteiger partial charge is 0.462 e. The Bertz CT molecular complexity index is 1160. The van der Waals surface area contributed by atoms with Crippen LogP contribution in [0.2, 0.25) is 5.02 Å². The lowest BCUT2D eigenvalue weighted by Gasteiger charge is -2.22. The number of nitrogens with one attached hydrogen (secondary N) is 1. The number of hydrogen-bond donors (Lipinski definition) is 1. The second kappa shape index (κ2) is 10.0. The molecule has 1 amide bonds. The van der Waals surface area contributed by atoms with E-state index in [1.807, 2.05) is 13.1 Å². The molecule has 0 unspecified atom stereocenters. The first-order chi connectivity index (χ1) is 14.9. The van der Waals surface area contributed by atoms with Gasteiger partial charge in [-0.2, -0.15) is 0 Å². The summed E-state index contributed by atoms with van der Waals surface area (Å²) in [5.41, 5.74) is 2.64. The minimum atomic E-state index is -0.423. The maximum absolute atomic E-state index is 13.3. The highest BCUT2D eigenvalue weighted by Crippen LogP contribution is 2.38. The van der Waals surface area contributed by atoms with Crippen LogP contribution >= 0.6 is 35.3 Å². The van der Waals surface area contributed by atoms with E-state index >= 15 is 0 Å². The summed E-state index contributed by atoms with van der Waals surface area (Å²) in [6, 6.07) is 7.12. The predicted octanol–water partition coefficient (Wildman–Crippen LogP) is 5.20. The van der Waals surface area contributed by atoms with E-state index in [2.05, 4.69) is 15.4 Å². The number of fused-ring (bicyclic) bond motifs is 1. The van der Waals surface area contributed by atoms with Crippen LogP contribution in [0.3, 0.4) is 0 Å². The molecule has 2 aromatic heterocycles. The molecule has 1 aliphatic heterocycles. The van der Waals surface area contributed by atoms with Gasteiger partial charge in [0.25, 0.3) is 5.91 Å². The Hall–Kier alpha value is -2.39. The van der Waals surface area contributed by atoms with Gasteiger partial charge in [0.2, 0.25) is 0 Å². The van der Waals surface area contributed by atoms with Gasteiger partial charge in [-0.3, -0.25) is 4.79 Å². The van der Waals surface area contributed by atoms with Gasteiger partial charge in [-0.05, 0) is 38.9 Å². The zero-order valence-corrected chi connectivity index (χ0v) is 20.2. The fourth-order valence-corrected chi connectivity index (χ4v) is 5.22. The molecule has 32 heavy (non-hydrogen) atoms. The number of benzene rings is 1. The van der Waals surface area contributed by atoms with Crippen molar-refractivity contribution < 1.29 is 18.8 Å². The molecule has 1 aliphatic rings. The highest BCUT2D eigenvalue weighted by molar-refractivity contribution is 7.17. The molecule has 0 fully saturated rings. The first-order valence-corrected chi connectivity index (χ1v) is 11.1. The van der Waals surface area contributed by atoms with Gasteiger partial charge in [0.05, 0.1) is 17.2 Å². The third-order valence-electron chi connectivity index (χ3n) is 5.17. The Morgan fingerprint density at radius 2 is 2.06 bits per heavy atom. The molecule has 0 radical (unpaired) electrons. The van der Waals surface area contributed by atoms with Crippen LogP contribution in [-0.2, 0) is 17.7 Å². The van der Waals surface area contributed by atoms with Crippen molar-refractivity contribution in [2.75, 3.05) is 25.5 Å². The van der Waals surface area contributed by atoms with Crippen LogP contribution < -0.4 is 5.32 Å². The molecule has 170 valence electrons. The quantitative estimate of drug-likeness (QED) is 0.489. The van der Waals surface area contributed by atoms with Crippen LogP contribution in [0.5, 0.6) is 0 Å². The van der Waals surface area contributed by atoms with Crippen LogP contribution in [-0.4, -0.2) is 42.1 Å². The SMILES string of the molecule is CCOC(=O)c1c(NC(=O)c2c(-c3ccccc3Cl)noc2C)sc2c1CCN(C)C2.Cl. The lowest BCUT2D eigenvalue weighted by Crippen LogP contribution is -2.26. The predicted molar refractivity (Wildman–Crippen MR) is 127 cm³/mol. The zero-order valence-electron chi connectivity index (χ0n) is 17.9. The van der Waals surface area contributed by atoms with E-state index in [0.717, 1.165) is 30.0 Å². The van der Waals surface area contributed by atoms with Crippen molar-refractivity contribution in [3.8, 4) is 11.3 Å². The number of halogens is 2. The number of hydrogen-bond acceptors (Lipinski definition) is 7. The molecule has 0 saturated carbocycles. The van der Waals surface area contributed by atoms with Crippen LogP contribution in [0, 0.1) is 6.92 Å². The summed E-state index contributed by atoms with van der Waals surface area (Å²) >= 11 is 7.72. The molecule has 10 heteroatoms. The van der Waals surface area contributed by atoms with Crippen molar-refractivity contribution in [3.63, 3.8) is 0 Å². The van der Waals surface area contributed by atoms with Crippen LogP contribution in [0.15, 0.2) is 28.8 Å². The molecule has 7 nitrogen and oxygen atoms in total. The van der Waals surface area contributed by atoms with Gasteiger partial charge in [0, 0.05) is 23.5 Å². The number of ether oxygens (including phenoxy) is 1. The number of anilines is 1. The van der Waals surface area contributed by atoms with Crippen molar-refractivity contribution in [2.45, 2.75) is 26.8 Å². The van der Waals surface area contributed by atoms with Gasteiger partial charge in [0.15, 0.2) is 0 Å². The zero-order chi connectivity index (χ0) is 22.1. The molecular weight excluding hydrogens is 473 g/mol. The van der Waals surface area contributed by atoms with Gasteiger partial charge < -0.3 is 19.5 Å². The van der Waals surface area contributed by atoms with E-state index in [4.69, 9.17) is 20.9 Å². The Balaban J connectivity index is 0.00000289. The third kappa shape index (κ3) is 4.54. The number of carbonyl (C=O) groups is 2. The minimum absolute atomic E-state index is 0. The van der Waals surface area contributed by atoms with E-state index < -0.39 is 11.9 Å². The summed E-state index contributed by atoms with van der Waals surface area (Å²) in [6.07, 6.45) is 0.726. The van der Waals surface area contributed by atoms with Crippen molar-refractivity contribution >= 4 is 52.2 Å². The maximum atomic E-state index is 13.3. The molecule has 0 spiro atoms. The fourth-order valence-electron chi connectivity index (χ4n) is 3.68. The molecule has 0 saturated heterocycles. The van der Waals surface area contributed by atoms with E-state index in [9.17, 15) is 9.59 Å². The van der Waals surface area contributed by atoms with Gasteiger partial charge in [-0.25, -0.2) is 4.79 Å². The summed E-state index contributed by atoms with van der Waals surface area (Å²) in [6.45, 7) is 5.25. The maximum Gasteiger partial charge on any atom is 0.341 e. The summed E-state index contributed by atoms with van der Waals surface area (Å²) in [7, 11) is 2.03. The number of likely N-dealkylation sites (N-methyl/N-ethyl adjacent to an activating group) is 1. The molecule has 0 atom stereocenters. The van der Waals surface area contributed by atoms with Gasteiger partial charge in [0.1, 0.15) is 22.0 Å². The molecule has 3 aromatic rings. The van der Waals surface area contributed by atoms with Crippen LogP contribution in [0.25, 0.3) is 11.3 Å². The highest BCUT2D eigenvalue weighted by atomic mass is 35.5. The van der Waals surface area contributed by atoms with E-state index in [1.165, 1.54) is 11.3 Å². The van der Waals surface area contributed by atoms with E-state index in [0.29, 0.717) is 32.6 Å². The topological polar surface area (TPSA) is 84.7 Å². The van der Waals surface area contributed by atoms with Crippen LogP contribution in [0.4, 0.5) is 5.00 Å². The summed E-state index contributed by atoms with van der Waals surface area (Å²) < 4.78 is 10.6. The Labute approximate surface area is 201 Å².